The van der Waals surface area contributed by atoms with E-state index in [1.54, 1.807) is 14.2 Å². The van der Waals surface area contributed by atoms with Gasteiger partial charge in [-0.05, 0) is 30.9 Å². The van der Waals surface area contributed by atoms with Gasteiger partial charge in [0.05, 0.1) is 21.3 Å². The molecule has 0 amide bonds. The standard InChI is InChI=1S/C15H23NO4/c1-5-10(9-11(16)15(17)20-4)14-12(18-2)7-6-8-13(14)19-3/h6-8,10-11H,5,9,16H2,1-4H3. The zero-order valence-electron chi connectivity index (χ0n) is 12.5. The van der Waals surface area contributed by atoms with Gasteiger partial charge in [0.1, 0.15) is 17.5 Å². The molecule has 0 radical (unpaired) electrons. The van der Waals surface area contributed by atoms with Crippen LogP contribution in [0, 0.1) is 0 Å². The van der Waals surface area contributed by atoms with Gasteiger partial charge in [-0.15, -0.1) is 0 Å². The van der Waals surface area contributed by atoms with E-state index in [4.69, 9.17) is 15.2 Å². The molecule has 20 heavy (non-hydrogen) atoms. The molecule has 2 unspecified atom stereocenters. The normalized spacial score (nSPS) is 13.4. The second-order valence-corrected chi connectivity index (χ2v) is 4.55. The number of carbonyl (C=O) groups excluding carboxylic acids is 1. The molecule has 0 saturated heterocycles. The van der Waals surface area contributed by atoms with Crippen molar-refractivity contribution in [2.24, 2.45) is 5.73 Å². The zero-order valence-corrected chi connectivity index (χ0v) is 12.5. The largest absolute Gasteiger partial charge is 0.496 e. The highest BCUT2D eigenvalue weighted by Crippen LogP contribution is 2.38. The fraction of sp³-hybridized carbons (Fsp3) is 0.533. The lowest BCUT2D eigenvalue weighted by atomic mass is 9.88. The van der Waals surface area contributed by atoms with Crippen LogP contribution in [0.5, 0.6) is 11.5 Å². The van der Waals surface area contributed by atoms with Crippen molar-refractivity contribution < 1.29 is 19.0 Å². The number of methoxy groups -OCH3 is 3. The average molecular weight is 281 g/mol. The Bertz CT molecular complexity index is 425. The minimum atomic E-state index is -0.653. The molecule has 0 saturated carbocycles. The van der Waals surface area contributed by atoms with Crippen molar-refractivity contribution in [1.82, 2.24) is 0 Å². The third kappa shape index (κ3) is 3.63. The summed E-state index contributed by atoms with van der Waals surface area (Å²) in [5.41, 5.74) is 6.81. The van der Waals surface area contributed by atoms with E-state index in [9.17, 15) is 4.79 Å². The fourth-order valence-electron chi connectivity index (χ4n) is 2.33. The summed E-state index contributed by atoms with van der Waals surface area (Å²) in [6.45, 7) is 2.04. The molecule has 5 nitrogen and oxygen atoms in total. The molecule has 2 N–H and O–H groups in total. The Labute approximate surface area is 120 Å². The van der Waals surface area contributed by atoms with Gasteiger partial charge in [-0.1, -0.05) is 13.0 Å². The summed E-state index contributed by atoms with van der Waals surface area (Å²) >= 11 is 0. The van der Waals surface area contributed by atoms with Gasteiger partial charge in [0.15, 0.2) is 0 Å². The molecule has 5 heteroatoms. The van der Waals surface area contributed by atoms with Gasteiger partial charge in [0, 0.05) is 5.56 Å². The Balaban J connectivity index is 3.08. The predicted octanol–water partition coefficient (Wildman–Crippen LogP) is 2.09. The second kappa shape index (κ2) is 7.75. The average Bonchev–Trinajstić information content (AvgIpc) is 2.50. The predicted molar refractivity (Wildman–Crippen MR) is 77.2 cm³/mol. The number of carbonyl (C=O) groups is 1. The number of benzene rings is 1. The molecular formula is C15H23NO4. The lowest BCUT2D eigenvalue weighted by Gasteiger charge is -2.23. The van der Waals surface area contributed by atoms with Crippen LogP contribution in [0.15, 0.2) is 18.2 Å². The van der Waals surface area contributed by atoms with Crippen LogP contribution in [-0.2, 0) is 9.53 Å². The highest BCUT2D eigenvalue weighted by molar-refractivity contribution is 5.75. The molecule has 112 valence electrons. The number of ether oxygens (including phenoxy) is 3. The molecule has 0 bridgehead atoms. The lowest BCUT2D eigenvalue weighted by Crippen LogP contribution is -2.33. The van der Waals surface area contributed by atoms with E-state index in [0.717, 1.165) is 23.5 Å². The van der Waals surface area contributed by atoms with E-state index >= 15 is 0 Å². The Hall–Kier alpha value is -1.75. The third-order valence-electron chi connectivity index (χ3n) is 3.41. The van der Waals surface area contributed by atoms with Gasteiger partial charge in [0.2, 0.25) is 0 Å². The van der Waals surface area contributed by atoms with Crippen LogP contribution in [0.3, 0.4) is 0 Å². The fourth-order valence-corrected chi connectivity index (χ4v) is 2.33. The summed E-state index contributed by atoms with van der Waals surface area (Å²) in [6, 6.07) is 4.97. The monoisotopic (exact) mass is 281 g/mol. The highest BCUT2D eigenvalue weighted by Gasteiger charge is 2.25. The molecule has 0 aliphatic heterocycles. The first-order valence-electron chi connectivity index (χ1n) is 6.63. The van der Waals surface area contributed by atoms with E-state index in [0.29, 0.717) is 6.42 Å². The van der Waals surface area contributed by atoms with Crippen LogP contribution in [-0.4, -0.2) is 33.3 Å². The van der Waals surface area contributed by atoms with Crippen LogP contribution in [0.4, 0.5) is 0 Å². The molecule has 0 aliphatic rings. The first-order valence-corrected chi connectivity index (χ1v) is 6.63. The van der Waals surface area contributed by atoms with Crippen molar-refractivity contribution in [2.45, 2.75) is 31.7 Å². The van der Waals surface area contributed by atoms with E-state index in [-0.39, 0.29) is 5.92 Å². The van der Waals surface area contributed by atoms with Gasteiger partial charge in [-0.3, -0.25) is 4.79 Å². The van der Waals surface area contributed by atoms with Crippen LogP contribution in [0.25, 0.3) is 0 Å². The number of hydrogen-bond donors (Lipinski definition) is 1. The van der Waals surface area contributed by atoms with Gasteiger partial charge < -0.3 is 19.9 Å². The molecule has 1 aromatic carbocycles. The van der Waals surface area contributed by atoms with Crippen molar-refractivity contribution in [3.05, 3.63) is 23.8 Å². The van der Waals surface area contributed by atoms with E-state index in [2.05, 4.69) is 4.74 Å². The maximum atomic E-state index is 11.5. The zero-order chi connectivity index (χ0) is 15.1. The van der Waals surface area contributed by atoms with Gasteiger partial charge in [-0.25, -0.2) is 0 Å². The first kappa shape index (κ1) is 16.3. The molecule has 0 aromatic heterocycles. The van der Waals surface area contributed by atoms with Crippen LogP contribution in [0.1, 0.15) is 31.2 Å². The van der Waals surface area contributed by atoms with E-state index in [1.165, 1.54) is 7.11 Å². The molecule has 1 rings (SSSR count). The Kier molecular flexibility index (Phi) is 6.31. The summed E-state index contributed by atoms with van der Waals surface area (Å²) in [7, 11) is 4.57. The molecule has 2 atom stereocenters. The molecule has 0 heterocycles. The summed E-state index contributed by atoms with van der Waals surface area (Å²) in [4.78, 5) is 11.5. The summed E-state index contributed by atoms with van der Waals surface area (Å²) in [5.74, 6) is 1.15. The molecule has 0 spiro atoms. The van der Waals surface area contributed by atoms with Crippen LogP contribution in [0.2, 0.25) is 0 Å². The maximum absolute atomic E-state index is 11.5. The Morgan fingerprint density at radius 2 is 1.75 bits per heavy atom. The van der Waals surface area contributed by atoms with Crippen LogP contribution < -0.4 is 15.2 Å². The topological polar surface area (TPSA) is 70.8 Å². The summed E-state index contributed by atoms with van der Waals surface area (Å²) < 4.78 is 15.5. The maximum Gasteiger partial charge on any atom is 0.322 e. The third-order valence-corrected chi connectivity index (χ3v) is 3.41. The Morgan fingerprint density at radius 1 is 1.20 bits per heavy atom. The minimum Gasteiger partial charge on any atom is -0.496 e. The Morgan fingerprint density at radius 3 is 2.15 bits per heavy atom. The molecule has 0 fully saturated rings. The molecule has 0 aliphatic carbocycles. The van der Waals surface area contributed by atoms with E-state index < -0.39 is 12.0 Å². The number of nitrogens with two attached hydrogens (primary N) is 1. The van der Waals surface area contributed by atoms with Crippen molar-refractivity contribution in [2.75, 3.05) is 21.3 Å². The lowest BCUT2D eigenvalue weighted by molar-refractivity contribution is -0.142. The second-order valence-electron chi connectivity index (χ2n) is 4.55. The first-order chi connectivity index (χ1) is 9.58. The van der Waals surface area contributed by atoms with Crippen LogP contribution >= 0.6 is 0 Å². The number of hydrogen-bond acceptors (Lipinski definition) is 5. The van der Waals surface area contributed by atoms with Crippen molar-refractivity contribution in [3.8, 4) is 11.5 Å². The highest BCUT2D eigenvalue weighted by atomic mass is 16.5. The van der Waals surface area contributed by atoms with Crippen molar-refractivity contribution in [3.63, 3.8) is 0 Å². The number of rotatable bonds is 7. The van der Waals surface area contributed by atoms with E-state index in [1.807, 2.05) is 25.1 Å². The minimum absolute atomic E-state index is 0.0650. The summed E-state index contributed by atoms with van der Waals surface area (Å²) in [6.07, 6.45) is 1.31. The van der Waals surface area contributed by atoms with Gasteiger partial charge in [-0.2, -0.15) is 0 Å². The van der Waals surface area contributed by atoms with Crippen molar-refractivity contribution >= 4 is 5.97 Å². The number of esters is 1. The van der Waals surface area contributed by atoms with Gasteiger partial charge >= 0.3 is 5.97 Å². The molecule has 1 aromatic rings. The SMILES string of the molecule is CCC(CC(N)C(=O)OC)c1c(OC)cccc1OC. The molecular weight excluding hydrogens is 258 g/mol. The quantitative estimate of drug-likeness (QED) is 0.775. The van der Waals surface area contributed by atoms with Gasteiger partial charge in [0.25, 0.3) is 0 Å². The smallest absolute Gasteiger partial charge is 0.322 e. The van der Waals surface area contributed by atoms with Crippen molar-refractivity contribution in [1.29, 1.82) is 0 Å². The summed E-state index contributed by atoms with van der Waals surface area (Å²) in [5, 5.41) is 0.